The summed E-state index contributed by atoms with van der Waals surface area (Å²) < 4.78 is 80.1. The highest BCUT2D eigenvalue weighted by Gasteiger charge is 2.38. The van der Waals surface area contributed by atoms with E-state index in [2.05, 4.69) is 4.98 Å². The molecule has 0 bridgehead atoms. The van der Waals surface area contributed by atoms with Crippen LogP contribution >= 0.6 is 0 Å². The van der Waals surface area contributed by atoms with Gasteiger partial charge in [-0.25, -0.2) is 4.98 Å². The molecule has 0 aliphatic carbocycles. The Kier molecular flexibility index (Phi) is 7.83. The largest absolute Gasteiger partial charge is 0.481 e. The SMILES string of the molecule is CC(=O)CCN(CCC(=O)O)CC(O)c1cc(C(F)(F)F)nc2c(C(F)(F)F)cccc12. The predicted octanol–water partition coefficient (Wildman–Crippen LogP) is 4.06. The van der Waals surface area contributed by atoms with Crippen molar-refractivity contribution in [2.45, 2.75) is 38.2 Å². The first-order valence-electron chi connectivity index (χ1n) is 9.40. The highest BCUT2D eigenvalue weighted by atomic mass is 19.4. The van der Waals surface area contributed by atoms with Gasteiger partial charge in [0.05, 0.1) is 23.6 Å². The molecule has 1 unspecified atom stereocenters. The van der Waals surface area contributed by atoms with Crippen LogP contribution in [0.1, 0.15) is 42.7 Å². The van der Waals surface area contributed by atoms with Crippen molar-refractivity contribution < 1.29 is 46.1 Å². The fraction of sp³-hybridized carbons (Fsp3) is 0.450. The Morgan fingerprint density at radius 1 is 1.06 bits per heavy atom. The number of hydrogen-bond donors (Lipinski definition) is 2. The van der Waals surface area contributed by atoms with E-state index < -0.39 is 53.3 Å². The number of aliphatic hydroxyl groups excluding tert-OH is 1. The van der Waals surface area contributed by atoms with Gasteiger partial charge in [0.1, 0.15) is 11.5 Å². The van der Waals surface area contributed by atoms with Crippen LogP contribution in [-0.2, 0) is 21.9 Å². The summed E-state index contributed by atoms with van der Waals surface area (Å²) in [4.78, 5) is 26.6. The number of pyridine rings is 1. The molecule has 0 aliphatic heterocycles. The molecule has 0 spiro atoms. The Labute approximate surface area is 178 Å². The molecule has 176 valence electrons. The van der Waals surface area contributed by atoms with Crippen LogP contribution in [0.4, 0.5) is 26.3 Å². The number of carboxylic acids is 1. The smallest absolute Gasteiger partial charge is 0.433 e. The van der Waals surface area contributed by atoms with Crippen molar-refractivity contribution >= 4 is 22.7 Å². The van der Waals surface area contributed by atoms with Crippen LogP contribution in [0.3, 0.4) is 0 Å². The minimum absolute atomic E-state index is 0.00451. The number of carboxylic acid groups (broad SMARTS) is 1. The van der Waals surface area contributed by atoms with Crippen molar-refractivity contribution in [2.24, 2.45) is 0 Å². The molecular weight excluding hydrogens is 446 g/mol. The van der Waals surface area contributed by atoms with E-state index >= 15 is 0 Å². The minimum Gasteiger partial charge on any atom is -0.481 e. The van der Waals surface area contributed by atoms with Crippen molar-refractivity contribution in [1.82, 2.24) is 9.88 Å². The normalized spacial score (nSPS) is 13.5. The fourth-order valence-corrected chi connectivity index (χ4v) is 3.13. The number of para-hydroxylation sites is 1. The topological polar surface area (TPSA) is 90.7 Å². The number of ketones is 1. The molecule has 2 N–H and O–H groups in total. The predicted molar refractivity (Wildman–Crippen MR) is 101 cm³/mol. The molecule has 2 aromatic rings. The van der Waals surface area contributed by atoms with Gasteiger partial charge < -0.3 is 10.2 Å². The summed E-state index contributed by atoms with van der Waals surface area (Å²) >= 11 is 0. The third-order valence-electron chi connectivity index (χ3n) is 4.68. The molecule has 1 heterocycles. The zero-order valence-electron chi connectivity index (χ0n) is 16.8. The highest BCUT2D eigenvalue weighted by molar-refractivity contribution is 5.86. The van der Waals surface area contributed by atoms with Crippen molar-refractivity contribution in [3.63, 3.8) is 0 Å². The molecule has 0 saturated carbocycles. The van der Waals surface area contributed by atoms with E-state index in [9.17, 15) is 41.0 Å². The van der Waals surface area contributed by atoms with Crippen LogP contribution in [0, 0.1) is 0 Å². The molecule has 32 heavy (non-hydrogen) atoms. The van der Waals surface area contributed by atoms with E-state index in [0.717, 1.165) is 12.1 Å². The average molecular weight is 466 g/mol. The number of aromatic nitrogens is 1. The lowest BCUT2D eigenvalue weighted by atomic mass is 9.99. The lowest BCUT2D eigenvalue weighted by Gasteiger charge is -2.25. The van der Waals surface area contributed by atoms with Crippen LogP contribution in [-0.4, -0.2) is 51.5 Å². The Bertz CT molecular complexity index is 972. The fourth-order valence-electron chi connectivity index (χ4n) is 3.13. The maximum Gasteiger partial charge on any atom is 0.433 e. The summed E-state index contributed by atoms with van der Waals surface area (Å²) in [6.45, 7) is 0.787. The first kappa shape index (κ1) is 25.5. The van der Waals surface area contributed by atoms with Crippen LogP contribution in [0.25, 0.3) is 10.9 Å². The number of hydrogen-bond acceptors (Lipinski definition) is 5. The van der Waals surface area contributed by atoms with Gasteiger partial charge in [-0.1, -0.05) is 12.1 Å². The Balaban J connectivity index is 2.54. The molecule has 0 fully saturated rings. The number of alkyl halides is 6. The number of halogens is 6. The molecule has 1 aromatic heterocycles. The molecule has 0 aliphatic rings. The maximum atomic E-state index is 13.4. The third-order valence-corrected chi connectivity index (χ3v) is 4.68. The van der Waals surface area contributed by atoms with Gasteiger partial charge in [-0.3, -0.25) is 14.5 Å². The van der Waals surface area contributed by atoms with Gasteiger partial charge in [0, 0.05) is 31.4 Å². The van der Waals surface area contributed by atoms with Gasteiger partial charge in [0.15, 0.2) is 0 Å². The monoisotopic (exact) mass is 466 g/mol. The summed E-state index contributed by atoms with van der Waals surface area (Å²) in [6.07, 6.45) is -12.1. The highest BCUT2D eigenvalue weighted by Crippen LogP contribution is 2.39. The summed E-state index contributed by atoms with van der Waals surface area (Å²) in [5.74, 6) is -1.40. The van der Waals surface area contributed by atoms with E-state index in [4.69, 9.17) is 5.11 Å². The number of rotatable bonds is 9. The third kappa shape index (κ3) is 6.63. The molecular formula is C20H20F6N2O4. The molecule has 6 nitrogen and oxygen atoms in total. The lowest BCUT2D eigenvalue weighted by molar-refractivity contribution is -0.142. The average Bonchev–Trinajstić information content (AvgIpc) is 2.66. The van der Waals surface area contributed by atoms with Gasteiger partial charge in [-0.15, -0.1) is 0 Å². The second-order valence-corrected chi connectivity index (χ2v) is 7.21. The second-order valence-electron chi connectivity index (χ2n) is 7.21. The summed E-state index contributed by atoms with van der Waals surface area (Å²) in [5.41, 5.74) is -4.37. The van der Waals surface area contributed by atoms with E-state index in [1.165, 1.54) is 11.8 Å². The van der Waals surface area contributed by atoms with Crippen molar-refractivity contribution in [2.75, 3.05) is 19.6 Å². The van der Waals surface area contributed by atoms with Gasteiger partial charge in [0.2, 0.25) is 0 Å². The molecule has 0 saturated heterocycles. The molecule has 12 heteroatoms. The minimum atomic E-state index is -5.07. The van der Waals surface area contributed by atoms with Crippen molar-refractivity contribution in [1.29, 1.82) is 0 Å². The van der Waals surface area contributed by atoms with E-state index in [1.54, 1.807) is 0 Å². The van der Waals surface area contributed by atoms with Crippen molar-refractivity contribution in [3.05, 3.63) is 41.1 Å². The number of aliphatic hydroxyl groups is 1. The maximum absolute atomic E-state index is 13.4. The van der Waals surface area contributed by atoms with Gasteiger partial charge in [-0.2, -0.15) is 26.3 Å². The molecule has 1 atom stereocenters. The quantitative estimate of drug-likeness (QED) is 0.542. The molecule has 0 radical (unpaired) electrons. The molecule has 2 rings (SSSR count). The molecule has 0 amide bonds. The number of aliphatic carboxylic acids is 1. The zero-order valence-corrected chi connectivity index (χ0v) is 16.8. The summed E-state index contributed by atoms with van der Waals surface area (Å²) in [6, 6.07) is 3.19. The number of carbonyl (C=O) groups is 2. The standard InChI is InChI=1S/C20H20F6N2O4/c1-11(29)5-7-28(8-6-17(31)32)10-15(30)13-9-16(20(24,25)26)27-18-12(13)3-2-4-14(18)19(21,22)23/h2-4,9,15,30H,5-8,10H2,1H3,(H,31,32). The van der Waals surface area contributed by atoms with Crippen LogP contribution in [0.2, 0.25) is 0 Å². The Hall–Kier alpha value is -2.73. The number of benzene rings is 1. The van der Waals surface area contributed by atoms with Gasteiger partial charge >= 0.3 is 18.3 Å². The number of nitrogens with zero attached hydrogens (tertiary/aromatic N) is 2. The summed E-state index contributed by atoms with van der Waals surface area (Å²) in [7, 11) is 0. The van der Waals surface area contributed by atoms with E-state index in [1.807, 2.05) is 0 Å². The van der Waals surface area contributed by atoms with Crippen LogP contribution in [0.5, 0.6) is 0 Å². The lowest BCUT2D eigenvalue weighted by Crippen LogP contribution is -2.33. The van der Waals surface area contributed by atoms with Gasteiger partial charge in [0.25, 0.3) is 0 Å². The Morgan fingerprint density at radius 2 is 1.69 bits per heavy atom. The molecule has 1 aromatic carbocycles. The van der Waals surface area contributed by atoms with Crippen LogP contribution in [0.15, 0.2) is 24.3 Å². The summed E-state index contributed by atoms with van der Waals surface area (Å²) in [5, 5.41) is 19.2. The number of Topliss-reactive ketones (excluding diaryl/α,β-unsaturated/α-hetero) is 1. The second kappa shape index (κ2) is 9.82. The van der Waals surface area contributed by atoms with Crippen LogP contribution < -0.4 is 0 Å². The Morgan fingerprint density at radius 3 is 2.22 bits per heavy atom. The number of carbonyl (C=O) groups excluding carboxylic acids is 1. The van der Waals surface area contributed by atoms with Gasteiger partial charge in [-0.05, 0) is 24.6 Å². The van der Waals surface area contributed by atoms with Crippen molar-refractivity contribution in [3.8, 4) is 0 Å². The van der Waals surface area contributed by atoms with E-state index in [0.29, 0.717) is 12.1 Å². The van der Waals surface area contributed by atoms with E-state index in [-0.39, 0.29) is 37.1 Å². The number of fused-ring (bicyclic) bond motifs is 1. The zero-order chi connectivity index (χ0) is 24.3. The first-order chi connectivity index (χ1) is 14.7. The first-order valence-corrected chi connectivity index (χ1v) is 9.40.